The fourth-order valence-corrected chi connectivity index (χ4v) is 3.17. The van der Waals surface area contributed by atoms with Gasteiger partial charge in [0.2, 0.25) is 10.0 Å². The van der Waals surface area contributed by atoms with E-state index in [4.69, 9.17) is 0 Å². The van der Waals surface area contributed by atoms with E-state index in [2.05, 4.69) is 10.0 Å². The molecule has 0 radical (unpaired) electrons. The molecule has 23 heavy (non-hydrogen) atoms. The van der Waals surface area contributed by atoms with Crippen molar-refractivity contribution in [2.75, 3.05) is 11.9 Å². The number of hydrogen-bond donors (Lipinski definition) is 2. The molecule has 0 aliphatic rings. The Morgan fingerprint density at radius 2 is 1.83 bits per heavy atom. The molecule has 0 amide bonds. The van der Waals surface area contributed by atoms with E-state index in [0.717, 1.165) is 18.4 Å². The highest BCUT2D eigenvalue weighted by molar-refractivity contribution is 7.89. The number of halogens is 1. The van der Waals surface area contributed by atoms with Crippen LogP contribution in [0.25, 0.3) is 0 Å². The third kappa shape index (κ3) is 5.33. The summed E-state index contributed by atoms with van der Waals surface area (Å²) in [6.07, 6.45) is 1.74. The highest BCUT2D eigenvalue weighted by atomic mass is 32.2. The van der Waals surface area contributed by atoms with Crippen LogP contribution in [0.4, 0.5) is 10.1 Å². The van der Waals surface area contributed by atoms with Gasteiger partial charge in [-0.2, -0.15) is 0 Å². The lowest BCUT2D eigenvalue weighted by Crippen LogP contribution is -2.24. The van der Waals surface area contributed by atoms with Gasteiger partial charge in [0.15, 0.2) is 0 Å². The molecule has 2 N–H and O–H groups in total. The highest BCUT2D eigenvalue weighted by Crippen LogP contribution is 2.16. The van der Waals surface area contributed by atoms with Crippen LogP contribution in [0.3, 0.4) is 0 Å². The standard InChI is InChI=1S/C17H21FN2O2S/c1-2-3-11-20-23(21,22)17-6-4-5-16(12-17)19-13-14-7-9-15(18)10-8-14/h4-10,12,19-20H,2-3,11,13H2,1H3. The summed E-state index contributed by atoms with van der Waals surface area (Å²) in [5, 5.41) is 3.15. The topological polar surface area (TPSA) is 58.2 Å². The van der Waals surface area contributed by atoms with Crippen molar-refractivity contribution in [3.63, 3.8) is 0 Å². The minimum absolute atomic E-state index is 0.234. The van der Waals surface area contributed by atoms with Gasteiger partial charge in [-0.15, -0.1) is 0 Å². The molecule has 0 aromatic heterocycles. The van der Waals surface area contributed by atoms with Crippen molar-refractivity contribution in [3.8, 4) is 0 Å². The first-order valence-corrected chi connectivity index (χ1v) is 9.07. The van der Waals surface area contributed by atoms with E-state index in [0.29, 0.717) is 18.8 Å². The lowest BCUT2D eigenvalue weighted by atomic mass is 10.2. The van der Waals surface area contributed by atoms with E-state index < -0.39 is 10.0 Å². The third-order valence-electron chi connectivity index (χ3n) is 3.38. The molecule has 0 heterocycles. The van der Waals surface area contributed by atoms with Gasteiger partial charge in [0.25, 0.3) is 0 Å². The van der Waals surface area contributed by atoms with E-state index in [-0.39, 0.29) is 10.7 Å². The van der Waals surface area contributed by atoms with Crippen LogP contribution in [0.15, 0.2) is 53.4 Å². The lowest BCUT2D eigenvalue weighted by Gasteiger charge is -2.10. The summed E-state index contributed by atoms with van der Waals surface area (Å²) >= 11 is 0. The Hall–Kier alpha value is -1.92. The van der Waals surface area contributed by atoms with Crippen LogP contribution in [-0.4, -0.2) is 15.0 Å². The predicted molar refractivity (Wildman–Crippen MR) is 90.3 cm³/mol. The van der Waals surface area contributed by atoms with Crippen LogP contribution in [0.2, 0.25) is 0 Å². The number of rotatable bonds is 8. The molecular weight excluding hydrogens is 315 g/mol. The first kappa shape index (κ1) is 17.4. The molecule has 2 aromatic rings. The first-order chi connectivity index (χ1) is 11.0. The maximum atomic E-state index is 12.9. The molecule has 124 valence electrons. The Kier molecular flexibility index (Phi) is 6.12. The number of sulfonamides is 1. The number of hydrogen-bond acceptors (Lipinski definition) is 3. The summed E-state index contributed by atoms with van der Waals surface area (Å²) in [6, 6.07) is 12.8. The molecule has 0 bridgehead atoms. The second kappa shape index (κ2) is 8.08. The fraction of sp³-hybridized carbons (Fsp3) is 0.294. The molecule has 0 aliphatic heterocycles. The molecule has 0 spiro atoms. The molecule has 6 heteroatoms. The molecule has 0 saturated heterocycles. The highest BCUT2D eigenvalue weighted by Gasteiger charge is 2.13. The van der Waals surface area contributed by atoms with Gasteiger partial charge in [-0.1, -0.05) is 31.5 Å². The first-order valence-electron chi connectivity index (χ1n) is 7.59. The summed E-state index contributed by atoms with van der Waals surface area (Å²) in [5.74, 6) is -0.278. The molecule has 4 nitrogen and oxygen atoms in total. The van der Waals surface area contributed by atoms with Crippen molar-refractivity contribution < 1.29 is 12.8 Å². The smallest absolute Gasteiger partial charge is 0.240 e. The van der Waals surface area contributed by atoms with Crippen LogP contribution in [0, 0.1) is 5.82 Å². The van der Waals surface area contributed by atoms with Gasteiger partial charge < -0.3 is 5.32 Å². The van der Waals surface area contributed by atoms with Gasteiger partial charge >= 0.3 is 0 Å². The quantitative estimate of drug-likeness (QED) is 0.725. The molecule has 2 aromatic carbocycles. The van der Waals surface area contributed by atoms with Gasteiger partial charge in [0.05, 0.1) is 4.90 Å². The van der Waals surface area contributed by atoms with Crippen molar-refractivity contribution in [2.45, 2.75) is 31.2 Å². The SMILES string of the molecule is CCCCNS(=O)(=O)c1cccc(NCc2ccc(F)cc2)c1. The average Bonchev–Trinajstić information content (AvgIpc) is 2.55. The molecular formula is C17H21FN2O2S. The van der Waals surface area contributed by atoms with Crippen LogP contribution in [0.1, 0.15) is 25.3 Å². The zero-order chi connectivity index (χ0) is 16.7. The normalized spacial score (nSPS) is 11.4. The van der Waals surface area contributed by atoms with Crippen molar-refractivity contribution in [3.05, 3.63) is 59.9 Å². The Morgan fingerprint density at radius 1 is 1.09 bits per heavy atom. The van der Waals surface area contributed by atoms with Gasteiger partial charge in [-0.3, -0.25) is 0 Å². The summed E-state index contributed by atoms with van der Waals surface area (Å²) in [5.41, 5.74) is 1.62. The Bertz CT molecular complexity index is 731. The van der Waals surface area contributed by atoms with Gasteiger partial charge in [0, 0.05) is 18.8 Å². The van der Waals surface area contributed by atoms with Crippen molar-refractivity contribution in [2.24, 2.45) is 0 Å². The largest absolute Gasteiger partial charge is 0.381 e. The monoisotopic (exact) mass is 336 g/mol. The Labute approximate surface area is 136 Å². The molecule has 0 fully saturated rings. The van der Waals surface area contributed by atoms with Crippen molar-refractivity contribution in [1.29, 1.82) is 0 Å². The van der Waals surface area contributed by atoms with E-state index in [1.165, 1.54) is 12.1 Å². The van der Waals surface area contributed by atoms with E-state index in [1.807, 2.05) is 6.92 Å². The molecule has 0 saturated carbocycles. The maximum Gasteiger partial charge on any atom is 0.240 e. The number of anilines is 1. The second-order valence-electron chi connectivity index (χ2n) is 5.26. The number of nitrogens with one attached hydrogen (secondary N) is 2. The zero-order valence-electron chi connectivity index (χ0n) is 13.0. The minimum atomic E-state index is -3.48. The van der Waals surface area contributed by atoms with Crippen LogP contribution < -0.4 is 10.0 Å². The van der Waals surface area contributed by atoms with Crippen LogP contribution in [-0.2, 0) is 16.6 Å². The minimum Gasteiger partial charge on any atom is -0.381 e. The molecule has 0 aliphatic carbocycles. The number of benzene rings is 2. The summed E-state index contributed by atoms with van der Waals surface area (Å²) in [4.78, 5) is 0.234. The Morgan fingerprint density at radius 3 is 2.52 bits per heavy atom. The fourth-order valence-electron chi connectivity index (χ4n) is 2.05. The second-order valence-corrected chi connectivity index (χ2v) is 7.03. The zero-order valence-corrected chi connectivity index (χ0v) is 13.9. The van der Waals surface area contributed by atoms with E-state index in [9.17, 15) is 12.8 Å². The molecule has 2 rings (SSSR count). The van der Waals surface area contributed by atoms with Crippen molar-refractivity contribution in [1.82, 2.24) is 4.72 Å². The molecule has 0 unspecified atom stereocenters. The van der Waals surface area contributed by atoms with Gasteiger partial charge in [-0.25, -0.2) is 17.5 Å². The third-order valence-corrected chi connectivity index (χ3v) is 4.84. The van der Waals surface area contributed by atoms with Crippen LogP contribution >= 0.6 is 0 Å². The summed E-state index contributed by atoms with van der Waals surface area (Å²) < 4.78 is 39.8. The van der Waals surface area contributed by atoms with Crippen molar-refractivity contribution >= 4 is 15.7 Å². The van der Waals surface area contributed by atoms with E-state index >= 15 is 0 Å². The summed E-state index contributed by atoms with van der Waals surface area (Å²) in [6.45, 7) is 2.94. The number of unbranched alkanes of at least 4 members (excludes halogenated alkanes) is 1. The average molecular weight is 336 g/mol. The van der Waals surface area contributed by atoms with Gasteiger partial charge in [0.1, 0.15) is 5.82 Å². The predicted octanol–water partition coefficient (Wildman–Crippen LogP) is 3.52. The Balaban J connectivity index is 2.03. The maximum absolute atomic E-state index is 12.9. The van der Waals surface area contributed by atoms with Crippen LogP contribution in [0.5, 0.6) is 0 Å². The summed E-state index contributed by atoms with van der Waals surface area (Å²) in [7, 11) is -3.48. The van der Waals surface area contributed by atoms with Gasteiger partial charge in [-0.05, 0) is 42.3 Å². The molecule has 0 atom stereocenters. The van der Waals surface area contributed by atoms with E-state index in [1.54, 1.807) is 36.4 Å². The lowest BCUT2D eigenvalue weighted by molar-refractivity contribution is 0.578.